The number of carbonyl (C=O) groups is 1. The summed E-state index contributed by atoms with van der Waals surface area (Å²) in [6.07, 6.45) is 7.50. The zero-order valence-electron chi connectivity index (χ0n) is 14.6. The third-order valence-corrected chi connectivity index (χ3v) is 5.27. The molecule has 0 bridgehead atoms. The molecule has 0 radical (unpaired) electrons. The van der Waals surface area contributed by atoms with Gasteiger partial charge in [-0.15, -0.1) is 10.2 Å². The van der Waals surface area contributed by atoms with E-state index < -0.39 is 0 Å². The first-order valence-corrected chi connectivity index (χ1v) is 9.14. The van der Waals surface area contributed by atoms with Crippen LogP contribution < -0.4 is 0 Å². The predicted octanol–water partition coefficient (Wildman–Crippen LogP) is 2.52. The van der Waals surface area contributed by atoms with Crippen LogP contribution in [0.15, 0.2) is 30.3 Å². The zero-order chi connectivity index (χ0) is 17.9. The van der Waals surface area contributed by atoms with Crippen molar-refractivity contribution in [3.8, 4) is 6.07 Å². The monoisotopic (exact) mass is 347 g/mol. The van der Waals surface area contributed by atoms with Crippen LogP contribution in [0.25, 0.3) is 6.08 Å². The summed E-state index contributed by atoms with van der Waals surface area (Å²) in [6.45, 7) is 2.54. The van der Waals surface area contributed by atoms with E-state index in [4.69, 9.17) is 5.26 Å². The Morgan fingerprint density at radius 2 is 1.92 bits per heavy atom. The molecular weight excluding hydrogens is 326 g/mol. The number of hydrogen-bond acceptors (Lipinski definition) is 4. The molecule has 2 aromatic rings. The van der Waals surface area contributed by atoms with E-state index in [1.807, 2.05) is 17.0 Å². The van der Waals surface area contributed by atoms with E-state index in [0.717, 1.165) is 62.5 Å². The SMILES string of the molecule is N#Cc1ccc(/C=C\C(=O)N2CCC(c3nnc4n3CCC4)CC2)cc1. The number of fused-ring (bicyclic) bond motifs is 1. The number of benzene rings is 1. The van der Waals surface area contributed by atoms with Crippen LogP contribution in [0.1, 0.15) is 48.0 Å². The lowest BCUT2D eigenvalue weighted by atomic mass is 9.96. The number of piperidine rings is 1. The van der Waals surface area contributed by atoms with Crippen LogP contribution >= 0.6 is 0 Å². The second-order valence-corrected chi connectivity index (χ2v) is 6.90. The molecule has 3 heterocycles. The van der Waals surface area contributed by atoms with Gasteiger partial charge in [0.1, 0.15) is 11.6 Å². The second kappa shape index (κ2) is 7.12. The lowest BCUT2D eigenvalue weighted by Gasteiger charge is -2.30. The van der Waals surface area contributed by atoms with Crippen molar-refractivity contribution in [1.82, 2.24) is 19.7 Å². The van der Waals surface area contributed by atoms with Crippen molar-refractivity contribution < 1.29 is 4.79 Å². The molecule has 2 aliphatic heterocycles. The molecule has 2 aliphatic rings. The minimum absolute atomic E-state index is 0.0410. The summed E-state index contributed by atoms with van der Waals surface area (Å²) in [6, 6.07) is 9.30. The minimum atomic E-state index is 0.0410. The van der Waals surface area contributed by atoms with E-state index in [2.05, 4.69) is 20.8 Å². The summed E-state index contributed by atoms with van der Waals surface area (Å²) >= 11 is 0. The number of hydrogen-bond donors (Lipinski definition) is 0. The molecule has 1 aromatic heterocycles. The molecular formula is C20H21N5O. The van der Waals surface area contributed by atoms with Crippen LogP contribution in [-0.4, -0.2) is 38.7 Å². The van der Waals surface area contributed by atoms with Gasteiger partial charge in [-0.3, -0.25) is 4.79 Å². The van der Waals surface area contributed by atoms with Crippen LogP contribution in [0.5, 0.6) is 0 Å². The third kappa shape index (κ3) is 3.25. The van der Waals surface area contributed by atoms with E-state index in [1.54, 1.807) is 24.3 Å². The molecule has 1 amide bonds. The Morgan fingerprint density at radius 1 is 1.15 bits per heavy atom. The fourth-order valence-electron chi connectivity index (χ4n) is 3.77. The van der Waals surface area contributed by atoms with Gasteiger partial charge >= 0.3 is 0 Å². The molecule has 6 nitrogen and oxygen atoms in total. The van der Waals surface area contributed by atoms with E-state index in [-0.39, 0.29) is 5.91 Å². The summed E-state index contributed by atoms with van der Waals surface area (Å²) in [5.41, 5.74) is 1.54. The Labute approximate surface area is 152 Å². The average molecular weight is 347 g/mol. The van der Waals surface area contributed by atoms with Crippen LogP contribution in [0.3, 0.4) is 0 Å². The molecule has 0 spiro atoms. The maximum atomic E-state index is 12.4. The Kier molecular flexibility index (Phi) is 4.53. The number of aromatic nitrogens is 3. The highest BCUT2D eigenvalue weighted by molar-refractivity contribution is 5.91. The molecule has 1 aromatic carbocycles. The van der Waals surface area contributed by atoms with Crippen molar-refractivity contribution in [2.24, 2.45) is 0 Å². The Morgan fingerprint density at radius 3 is 2.65 bits per heavy atom. The molecule has 26 heavy (non-hydrogen) atoms. The number of rotatable bonds is 3. The lowest BCUT2D eigenvalue weighted by molar-refractivity contribution is -0.127. The van der Waals surface area contributed by atoms with Gasteiger partial charge in [0.15, 0.2) is 0 Å². The van der Waals surface area contributed by atoms with Crippen LogP contribution in [0.4, 0.5) is 0 Å². The van der Waals surface area contributed by atoms with Gasteiger partial charge in [-0.1, -0.05) is 12.1 Å². The molecule has 0 atom stereocenters. The van der Waals surface area contributed by atoms with Gasteiger partial charge in [0.2, 0.25) is 5.91 Å². The van der Waals surface area contributed by atoms with Gasteiger partial charge in [0.05, 0.1) is 11.6 Å². The first kappa shape index (κ1) is 16.5. The van der Waals surface area contributed by atoms with Crippen LogP contribution in [-0.2, 0) is 17.8 Å². The molecule has 132 valence electrons. The van der Waals surface area contributed by atoms with Crippen molar-refractivity contribution in [1.29, 1.82) is 5.26 Å². The number of nitrogens with zero attached hydrogens (tertiary/aromatic N) is 5. The largest absolute Gasteiger partial charge is 0.339 e. The maximum absolute atomic E-state index is 12.4. The first-order valence-electron chi connectivity index (χ1n) is 9.14. The molecule has 6 heteroatoms. The van der Waals surface area contributed by atoms with Crippen molar-refractivity contribution in [2.75, 3.05) is 13.1 Å². The van der Waals surface area contributed by atoms with Gasteiger partial charge in [0.25, 0.3) is 0 Å². The van der Waals surface area contributed by atoms with Gasteiger partial charge in [-0.05, 0) is 43.0 Å². The fraction of sp³-hybridized carbons (Fsp3) is 0.400. The molecule has 0 saturated carbocycles. The zero-order valence-corrected chi connectivity index (χ0v) is 14.6. The van der Waals surface area contributed by atoms with Gasteiger partial charge in [-0.2, -0.15) is 5.26 Å². The highest BCUT2D eigenvalue weighted by Crippen LogP contribution is 2.29. The Balaban J connectivity index is 1.34. The molecule has 0 unspecified atom stereocenters. The number of aryl methyl sites for hydroxylation is 1. The standard InChI is InChI=1S/C20H21N5O/c21-14-16-5-3-15(4-6-16)7-8-19(26)24-12-9-17(10-13-24)20-23-22-18-2-1-11-25(18)20/h3-8,17H,1-2,9-13H2/b8-7-. The summed E-state index contributed by atoms with van der Waals surface area (Å²) < 4.78 is 2.27. The van der Waals surface area contributed by atoms with E-state index in [1.165, 1.54) is 0 Å². The minimum Gasteiger partial charge on any atom is -0.339 e. The molecule has 0 N–H and O–H groups in total. The van der Waals surface area contributed by atoms with E-state index in [9.17, 15) is 4.79 Å². The third-order valence-electron chi connectivity index (χ3n) is 5.27. The summed E-state index contributed by atoms with van der Waals surface area (Å²) in [4.78, 5) is 14.3. The molecule has 1 saturated heterocycles. The second-order valence-electron chi connectivity index (χ2n) is 6.90. The number of amides is 1. The first-order chi connectivity index (χ1) is 12.7. The Bertz CT molecular complexity index is 867. The number of likely N-dealkylation sites (tertiary alicyclic amines) is 1. The van der Waals surface area contributed by atoms with Crippen molar-refractivity contribution in [2.45, 2.75) is 38.1 Å². The predicted molar refractivity (Wildman–Crippen MR) is 97.1 cm³/mol. The summed E-state index contributed by atoms with van der Waals surface area (Å²) in [7, 11) is 0. The average Bonchev–Trinajstić information content (AvgIpc) is 3.30. The number of nitriles is 1. The van der Waals surface area contributed by atoms with Crippen LogP contribution in [0, 0.1) is 11.3 Å². The molecule has 4 rings (SSSR count). The van der Waals surface area contributed by atoms with Crippen molar-refractivity contribution in [3.63, 3.8) is 0 Å². The summed E-state index contributed by atoms with van der Waals surface area (Å²) in [5, 5.41) is 17.5. The van der Waals surface area contributed by atoms with Gasteiger partial charge < -0.3 is 9.47 Å². The Hall–Kier alpha value is -2.94. The fourth-order valence-corrected chi connectivity index (χ4v) is 3.77. The topological polar surface area (TPSA) is 74.8 Å². The van der Waals surface area contributed by atoms with Crippen LogP contribution in [0.2, 0.25) is 0 Å². The highest BCUT2D eigenvalue weighted by atomic mass is 16.2. The van der Waals surface area contributed by atoms with Crippen molar-refractivity contribution in [3.05, 3.63) is 53.1 Å². The normalized spacial score (nSPS) is 17.4. The van der Waals surface area contributed by atoms with E-state index in [0.29, 0.717) is 11.5 Å². The van der Waals surface area contributed by atoms with Crippen molar-refractivity contribution >= 4 is 12.0 Å². The quantitative estimate of drug-likeness (QED) is 0.800. The van der Waals surface area contributed by atoms with E-state index >= 15 is 0 Å². The smallest absolute Gasteiger partial charge is 0.246 e. The number of carbonyl (C=O) groups excluding carboxylic acids is 1. The molecule has 1 fully saturated rings. The maximum Gasteiger partial charge on any atom is 0.246 e. The van der Waals surface area contributed by atoms with Gasteiger partial charge in [0, 0.05) is 38.0 Å². The molecule has 0 aliphatic carbocycles. The highest BCUT2D eigenvalue weighted by Gasteiger charge is 2.28. The van der Waals surface area contributed by atoms with Gasteiger partial charge in [-0.25, -0.2) is 0 Å². The summed E-state index contributed by atoms with van der Waals surface area (Å²) in [5.74, 6) is 2.67. The lowest BCUT2D eigenvalue weighted by Crippen LogP contribution is -2.37.